The molecular weight excluding hydrogens is 468 g/mol. The molecule has 0 spiro atoms. The van der Waals surface area contributed by atoms with Crippen molar-refractivity contribution in [3.05, 3.63) is 68.0 Å². The van der Waals surface area contributed by atoms with E-state index in [1.54, 1.807) is 36.9 Å². The maximum Gasteiger partial charge on any atom is 0.259 e. The lowest BCUT2D eigenvalue weighted by atomic mass is 10.1. The molecule has 0 unspecified atom stereocenters. The van der Waals surface area contributed by atoms with E-state index in [9.17, 15) is 9.59 Å². The minimum atomic E-state index is -0.189. The molecule has 0 atom stereocenters. The summed E-state index contributed by atoms with van der Waals surface area (Å²) in [6, 6.07) is 7.19. The van der Waals surface area contributed by atoms with Crippen molar-refractivity contribution in [2.75, 3.05) is 41.5 Å². The van der Waals surface area contributed by atoms with Crippen LogP contribution in [0.4, 0.5) is 0 Å². The largest absolute Gasteiger partial charge is 0.497 e. The average molecular weight is 499 g/mol. The molecule has 1 aliphatic rings. The standard InChI is InChI=1S/C25H30N4O5S/c1-27(16-22-26-8-12-35-22)25(31)24-19-7-9-28(10-11-29(19)23(30)14-21(24)34-4)15-17-5-6-18(32-2)13-20(17)33-3/h5-6,8,12-14H,7,9-11,15-16H2,1-4H3. The second-order valence-corrected chi connectivity index (χ2v) is 9.29. The van der Waals surface area contributed by atoms with Crippen LogP contribution in [-0.2, 0) is 26.1 Å². The molecule has 0 aliphatic carbocycles. The Kier molecular flexibility index (Phi) is 7.72. The number of benzene rings is 1. The quantitative estimate of drug-likeness (QED) is 0.472. The minimum absolute atomic E-state index is 0.167. The molecule has 0 saturated carbocycles. The zero-order chi connectivity index (χ0) is 24.9. The summed E-state index contributed by atoms with van der Waals surface area (Å²) < 4.78 is 18.1. The zero-order valence-corrected chi connectivity index (χ0v) is 21.3. The van der Waals surface area contributed by atoms with Crippen molar-refractivity contribution < 1.29 is 19.0 Å². The van der Waals surface area contributed by atoms with Crippen LogP contribution in [0.15, 0.2) is 40.6 Å². The Hall–Kier alpha value is -3.37. The Morgan fingerprint density at radius 2 is 1.89 bits per heavy atom. The van der Waals surface area contributed by atoms with Crippen molar-refractivity contribution in [3.8, 4) is 17.2 Å². The summed E-state index contributed by atoms with van der Waals surface area (Å²) in [4.78, 5) is 34.6. The number of methoxy groups -OCH3 is 3. The van der Waals surface area contributed by atoms with Gasteiger partial charge < -0.3 is 23.7 Å². The molecule has 0 bridgehead atoms. The summed E-state index contributed by atoms with van der Waals surface area (Å²) in [5.74, 6) is 1.61. The lowest BCUT2D eigenvalue weighted by Gasteiger charge is -2.22. The van der Waals surface area contributed by atoms with Gasteiger partial charge in [-0.05, 0) is 6.07 Å². The van der Waals surface area contributed by atoms with Gasteiger partial charge in [-0.1, -0.05) is 6.07 Å². The summed E-state index contributed by atoms with van der Waals surface area (Å²) in [7, 11) is 6.49. The second-order valence-electron chi connectivity index (χ2n) is 8.32. The first-order valence-corrected chi connectivity index (χ1v) is 12.2. The lowest BCUT2D eigenvalue weighted by Crippen LogP contribution is -2.32. The van der Waals surface area contributed by atoms with E-state index in [-0.39, 0.29) is 11.5 Å². The SMILES string of the molecule is COc1ccc(CN2CCc3c(C(=O)N(C)Cc4nccs4)c(OC)cc(=O)n3CC2)c(OC)c1. The van der Waals surface area contributed by atoms with E-state index < -0.39 is 0 Å². The van der Waals surface area contributed by atoms with Gasteiger partial charge in [-0.3, -0.25) is 14.5 Å². The first-order valence-electron chi connectivity index (χ1n) is 11.3. The third-order valence-corrected chi connectivity index (χ3v) is 6.98. The molecule has 1 aromatic carbocycles. The van der Waals surface area contributed by atoms with Gasteiger partial charge in [-0.15, -0.1) is 11.3 Å². The van der Waals surface area contributed by atoms with Gasteiger partial charge in [0.25, 0.3) is 11.5 Å². The number of pyridine rings is 1. The highest BCUT2D eigenvalue weighted by molar-refractivity contribution is 7.09. The number of thiazole rings is 1. The Labute approximate surface area is 208 Å². The van der Waals surface area contributed by atoms with Gasteiger partial charge in [-0.2, -0.15) is 0 Å². The highest BCUT2D eigenvalue weighted by Gasteiger charge is 2.27. The van der Waals surface area contributed by atoms with Crippen molar-refractivity contribution >= 4 is 17.2 Å². The monoisotopic (exact) mass is 498 g/mol. The van der Waals surface area contributed by atoms with E-state index in [1.165, 1.54) is 24.5 Å². The van der Waals surface area contributed by atoms with Gasteiger partial charge in [-0.25, -0.2) is 4.98 Å². The molecule has 0 radical (unpaired) electrons. The number of carbonyl (C=O) groups is 1. The fourth-order valence-electron chi connectivity index (χ4n) is 4.36. The number of carbonyl (C=O) groups excluding carboxylic acids is 1. The maximum absolute atomic E-state index is 13.5. The van der Waals surface area contributed by atoms with Crippen LogP contribution < -0.4 is 19.8 Å². The second kappa shape index (κ2) is 10.9. The van der Waals surface area contributed by atoms with Gasteiger partial charge in [0.2, 0.25) is 0 Å². The molecule has 186 valence electrons. The van der Waals surface area contributed by atoms with Gasteiger partial charge in [0.05, 0.1) is 27.9 Å². The molecule has 3 aromatic rings. The molecule has 0 fully saturated rings. The van der Waals surface area contributed by atoms with Crippen LogP contribution in [0.5, 0.6) is 17.2 Å². The van der Waals surface area contributed by atoms with Crippen LogP contribution in [0.2, 0.25) is 0 Å². The van der Waals surface area contributed by atoms with Crippen molar-refractivity contribution in [2.45, 2.75) is 26.1 Å². The van der Waals surface area contributed by atoms with Crippen LogP contribution >= 0.6 is 11.3 Å². The van der Waals surface area contributed by atoms with E-state index in [1.807, 2.05) is 23.6 Å². The number of fused-ring (bicyclic) bond motifs is 1. The van der Waals surface area contributed by atoms with Crippen LogP contribution in [0.1, 0.15) is 26.6 Å². The highest BCUT2D eigenvalue weighted by atomic mass is 32.1. The molecule has 2 aromatic heterocycles. The van der Waals surface area contributed by atoms with Crippen molar-refractivity contribution in [1.82, 2.24) is 19.4 Å². The minimum Gasteiger partial charge on any atom is -0.497 e. The van der Waals surface area contributed by atoms with E-state index in [2.05, 4.69) is 9.88 Å². The van der Waals surface area contributed by atoms with E-state index >= 15 is 0 Å². The number of rotatable bonds is 8. The zero-order valence-electron chi connectivity index (χ0n) is 20.4. The van der Waals surface area contributed by atoms with Crippen LogP contribution in [0.25, 0.3) is 0 Å². The molecule has 0 saturated heterocycles. The summed E-state index contributed by atoms with van der Waals surface area (Å²) in [6.07, 6.45) is 2.26. The third-order valence-electron chi connectivity index (χ3n) is 6.21. The fourth-order valence-corrected chi connectivity index (χ4v) is 5.03. The fraction of sp³-hybridized carbons (Fsp3) is 0.400. The number of nitrogens with zero attached hydrogens (tertiary/aromatic N) is 4. The van der Waals surface area contributed by atoms with E-state index in [4.69, 9.17) is 14.2 Å². The molecule has 4 rings (SSSR count). The summed E-state index contributed by atoms with van der Waals surface area (Å²) in [6.45, 7) is 2.87. The molecule has 3 heterocycles. The third kappa shape index (κ3) is 5.33. The first-order chi connectivity index (χ1) is 16.9. The Morgan fingerprint density at radius 3 is 2.57 bits per heavy atom. The number of amides is 1. The van der Waals surface area contributed by atoms with Crippen molar-refractivity contribution in [2.24, 2.45) is 0 Å². The summed E-state index contributed by atoms with van der Waals surface area (Å²) >= 11 is 1.50. The normalized spacial score (nSPS) is 13.6. The van der Waals surface area contributed by atoms with Gasteiger partial charge >= 0.3 is 0 Å². The van der Waals surface area contributed by atoms with E-state index in [0.29, 0.717) is 56.2 Å². The molecule has 9 nitrogen and oxygen atoms in total. The Balaban J connectivity index is 1.60. The number of hydrogen-bond donors (Lipinski definition) is 0. The molecule has 10 heteroatoms. The topological polar surface area (TPSA) is 86.1 Å². The predicted molar refractivity (Wildman–Crippen MR) is 134 cm³/mol. The first kappa shape index (κ1) is 24.7. The van der Waals surface area contributed by atoms with Crippen molar-refractivity contribution in [1.29, 1.82) is 0 Å². The van der Waals surface area contributed by atoms with Gasteiger partial charge in [0.1, 0.15) is 27.8 Å². The van der Waals surface area contributed by atoms with Crippen LogP contribution in [0.3, 0.4) is 0 Å². The molecule has 35 heavy (non-hydrogen) atoms. The van der Waals surface area contributed by atoms with Crippen LogP contribution in [0, 0.1) is 0 Å². The number of hydrogen-bond acceptors (Lipinski definition) is 8. The summed E-state index contributed by atoms with van der Waals surface area (Å²) in [5, 5.41) is 2.73. The maximum atomic E-state index is 13.5. The van der Waals surface area contributed by atoms with Gasteiger partial charge in [0, 0.05) is 74.6 Å². The van der Waals surface area contributed by atoms with E-state index in [0.717, 1.165) is 22.1 Å². The average Bonchev–Trinajstić information content (AvgIpc) is 3.29. The lowest BCUT2D eigenvalue weighted by molar-refractivity contribution is 0.0779. The number of aromatic nitrogens is 2. The Morgan fingerprint density at radius 1 is 1.09 bits per heavy atom. The molecular formula is C25H30N4O5S. The highest BCUT2D eigenvalue weighted by Crippen LogP contribution is 2.28. The molecule has 0 N–H and O–H groups in total. The molecule has 1 aliphatic heterocycles. The smallest absolute Gasteiger partial charge is 0.259 e. The molecule has 1 amide bonds. The van der Waals surface area contributed by atoms with Crippen molar-refractivity contribution in [3.63, 3.8) is 0 Å². The predicted octanol–water partition coefficient (Wildman–Crippen LogP) is 2.66. The van der Waals surface area contributed by atoms with Gasteiger partial charge in [0.15, 0.2) is 0 Å². The summed E-state index contributed by atoms with van der Waals surface area (Å²) in [5.41, 5.74) is 2.01. The van der Waals surface area contributed by atoms with Crippen LogP contribution in [-0.4, -0.2) is 66.7 Å². The Bertz CT molecular complexity index is 1240. The number of ether oxygens (including phenoxy) is 3.